The van der Waals surface area contributed by atoms with Crippen LogP contribution in [0.25, 0.3) is 0 Å². The van der Waals surface area contributed by atoms with Crippen LogP contribution < -0.4 is 31.9 Å². The molecule has 382 valence electrons. The van der Waals surface area contributed by atoms with Gasteiger partial charge >= 0.3 is 23.9 Å². The van der Waals surface area contributed by atoms with Crippen molar-refractivity contribution < 1.29 is 67.9 Å². The van der Waals surface area contributed by atoms with Crippen molar-refractivity contribution in [2.75, 3.05) is 26.8 Å². The molecule has 2 heterocycles. The number of nitrogens with one attached hydrogen (secondary N) is 6. The molecule has 1 aromatic heterocycles. The molecule has 1 saturated heterocycles. The predicted octanol–water partition coefficient (Wildman–Crippen LogP) is 1.91. The summed E-state index contributed by atoms with van der Waals surface area (Å²) in [5.41, 5.74) is 0.835. The first-order valence-corrected chi connectivity index (χ1v) is 24.4. The van der Waals surface area contributed by atoms with Crippen LogP contribution in [0, 0.1) is 11.8 Å². The highest BCUT2D eigenvalue weighted by atomic mass is 16.5. The minimum Gasteiger partial charge on any atom is -0.481 e. The lowest BCUT2D eigenvalue weighted by Crippen LogP contribution is -2.51. The minimum absolute atomic E-state index is 0.00964. The molecule has 9 N–H and O–H groups in total. The SMILES string of the molecule is CN1C(=O)C[C@H](C(=O)NCCO[C@H]2CC[C@H](OCCCC(=O)N[C@H]3CC[C@H](C(=O)N[C@H]4CC[C@H](NC(=O)CC[C@H](NC(=O)N[C@@H](CCC(=O)O)C(=O)O)C(=O)O)CC4)CC3)CC2)[C@H]1c1cccnc1. The summed E-state index contributed by atoms with van der Waals surface area (Å²) in [4.78, 5) is 116. The second-order valence-corrected chi connectivity index (χ2v) is 18.7. The number of pyridine rings is 1. The highest BCUT2D eigenvalue weighted by molar-refractivity contribution is 5.90. The van der Waals surface area contributed by atoms with Crippen molar-refractivity contribution in [2.45, 2.75) is 170 Å². The molecule has 1 aromatic rings. The highest BCUT2D eigenvalue weighted by Crippen LogP contribution is 2.37. The third-order valence-electron chi connectivity index (χ3n) is 13.6. The van der Waals surface area contributed by atoms with Crippen LogP contribution in [0.2, 0.25) is 0 Å². The Kier molecular flexibility index (Phi) is 21.4. The van der Waals surface area contributed by atoms with Crippen LogP contribution in [0.1, 0.15) is 134 Å². The number of ether oxygens (including phenoxy) is 2. The van der Waals surface area contributed by atoms with Crippen LogP contribution >= 0.6 is 0 Å². The number of hydrogen-bond acceptors (Lipinski definition) is 12. The number of carboxylic acids is 3. The van der Waals surface area contributed by atoms with Crippen molar-refractivity contribution >= 4 is 53.5 Å². The van der Waals surface area contributed by atoms with Crippen LogP contribution in [0.4, 0.5) is 4.79 Å². The van der Waals surface area contributed by atoms with E-state index >= 15 is 0 Å². The quantitative estimate of drug-likeness (QED) is 0.0633. The Morgan fingerprint density at radius 2 is 1.23 bits per heavy atom. The molecule has 5 rings (SSSR count). The number of carbonyl (C=O) groups excluding carboxylic acids is 6. The van der Waals surface area contributed by atoms with Gasteiger partial charge in [0, 0.05) is 82.3 Å². The van der Waals surface area contributed by atoms with Crippen molar-refractivity contribution in [3.8, 4) is 0 Å². The third kappa shape index (κ3) is 17.8. The second-order valence-electron chi connectivity index (χ2n) is 18.7. The molecule has 3 saturated carbocycles. The van der Waals surface area contributed by atoms with Crippen LogP contribution in [0.5, 0.6) is 0 Å². The lowest BCUT2D eigenvalue weighted by Gasteiger charge is -2.33. The summed E-state index contributed by atoms with van der Waals surface area (Å²) in [6.45, 7) is 1.23. The zero-order valence-electron chi connectivity index (χ0n) is 39.4. The molecular formula is C47H70N8O14. The summed E-state index contributed by atoms with van der Waals surface area (Å²) in [6.07, 6.45) is 11.9. The molecule has 0 unspecified atom stereocenters. The van der Waals surface area contributed by atoms with Crippen molar-refractivity contribution in [1.29, 1.82) is 0 Å². The van der Waals surface area contributed by atoms with Crippen LogP contribution in [0.3, 0.4) is 0 Å². The van der Waals surface area contributed by atoms with Gasteiger partial charge in [-0.3, -0.25) is 33.8 Å². The Morgan fingerprint density at radius 3 is 1.78 bits per heavy atom. The van der Waals surface area contributed by atoms with Gasteiger partial charge in [-0.2, -0.15) is 0 Å². The molecule has 4 atom stereocenters. The maximum Gasteiger partial charge on any atom is 0.326 e. The van der Waals surface area contributed by atoms with E-state index in [4.69, 9.17) is 14.6 Å². The van der Waals surface area contributed by atoms with E-state index in [0.29, 0.717) is 84.0 Å². The number of aromatic nitrogens is 1. The Hall–Kier alpha value is -5.90. The maximum atomic E-state index is 13.1. The van der Waals surface area contributed by atoms with Gasteiger partial charge in [-0.1, -0.05) is 6.07 Å². The lowest BCUT2D eigenvalue weighted by atomic mass is 9.84. The Bertz CT molecular complexity index is 1920. The molecule has 22 nitrogen and oxygen atoms in total. The Morgan fingerprint density at radius 1 is 0.696 bits per heavy atom. The number of carbonyl (C=O) groups is 9. The fourth-order valence-corrected chi connectivity index (χ4v) is 9.71. The van der Waals surface area contributed by atoms with Crippen LogP contribution in [0.15, 0.2) is 24.5 Å². The molecule has 69 heavy (non-hydrogen) atoms. The summed E-state index contributed by atoms with van der Waals surface area (Å²) in [7, 11) is 1.71. The number of urea groups is 1. The average Bonchev–Trinajstić information content (AvgIpc) is 3.63. The first kappa shape index (κ1) is 54.0. The van der Waals surface area contributed by atoms with Crippen molar-refractivity contribution in [3.63, 3.8) is 0 Å². The average molecular weight is 971 g/mol. The molecule has 4 aliphatic rings. The second kappa shape index (κ2) is 27.3. The van der Waals surface area contributed by atoms with E-state index in [-0.39, 0.29) is 85.2 Å². The van der Waals surface area contributed by atoms with Gasteiger partial charge in [-0.15, -0.1) is 0 Å². The van der Waals surface area contributed by atoms with Gasteiger partial charge in [0.25, 0.3) is 0 Å². The van der Waals surface area contributed by atoms with Gasteiger partial charge < -0.3 is 61.6 Å². The highest BCUT2D eigenvalue weighted by Gasteiger charge is 2.43. The maximum absolute atomic E-state index is 13.1. The first-order valence-electron chi connectivity index (χ1n) is 24.4. The zero-order valence-corrected chi connectivity index (χ0v) is 39.4. The molecule has 0 aromatic carbocycles. The number of hydrogen-bond donors (Lipinski definition) is 9. The first-order chi connectivity index (χ1) is 33.1. The summed E-state index contributed by atoms with van der Waals surface area (Å²) in [6, 6.07) is -1.01. The van der Waals surface area contributed by atoms with Gasteiger partial charge in [0.05, 0.1) is 30.8 Å². The molecule has 1 aliphatic heterocycles. The van der Waals surface area contributed by atoms with Gasteiger partial charge in [-0.05, 0) is 108 Å². The Balaban J connectivity index is 0.857. The summed E-state index contributed by atoms with van der Waals surface area (Å²) >= 11 is 0. The number of nitrogens with zero attached hydrogens (tertiary/aromatic N) is 2. The third-order valence-corrected chi connectivity index (χ3v) is 13.6. The van der Waals surface area contributed by atoms with E-state index in [0.717, 1.165) is 31.2 Å². The number of rotatable bonds is 25. The molecule has 4 fully saturated rings. The largest absolute Gasteiger partial charge is 0.481 e. The van der Waals surface area contributed by atoms with Gasteiger partial charge in [0.1, 0.15) is 12.1 Å². The summed E-state index contributed by atoms with van der Waals surface area (Å²) in [5, 5.41) is 43.8. The molecular weight excluding hydrogens is 901 g/mol. The van der Waals surface area contributed by atoms with Gasteiger partial charge in [0.2, 0.25) is 29.5 Å². The van der Waals surface area contributed by atoms with E-state index in [1.165, 1.54) is 0 Å². The van der Waals surface area contributed by atoms with Crippen molar-refractivity contribution in [1.82, 2.24) is 41.8 Å². The fourth-order valence-electron chi connectivity index (χ4n) is 9.71. The molecule has 0 radical (unpaired) electrons. The fraction of sp³-hybridized carbons (Fsp3) is 0.702. The van der Waals surface area contributed by atoms with E-state index in [1.54, 1.807) is 30.4 Å². The lowest BCUT2D eigenvalue weighted by molar-refractivity contribution is -0.141. The van der Waals surface area contributed by atoms with Crippen molar-refractivity contribution in [2.24, 2.45) is 11.8 Å². The molecule has 3 aliphatic carbocycles. The van der Waals surface area contributed by atoms with Gasteiger partial charge in [0.15, 0.2) is 0 Å². The van der Waals surface area contributed by atoms with E-state index < -0.39 is 60.7 Å². The zero-order chi connectivity index (χ0) is 49.9. The van der Waals surface area contributed by atoms with E-state index in [2.05, 4.69) is 31.6 Å². The minimum atomic E-state index is -1.54. The number of aliphatic carboxylic acids is 3. The Labute approximate surface area is 401 Å². The summed E-state index contributed by atoms with van der Waals surface area (Å²) < 4.78 is 12.1. The number of likely N-dealkylation sites (tertiary alicyclic amines) is 1. The molecule has 22 heteroatoms. The normalized spacial score (nSPS) is 25.6. The van der Waals surface area contributed by atoms with Gasteiger partial charge in [-0.25, -0.2) is 14.4 Å². The van der Waals surface area contributed by atoms with E-state index in [9.17, 15) is 53.4 Å². The molecule has 0 bridgehead atoms. The number of amides is 7. The topological polar surface area (TPSA) is 321 Å². The predicted molar refractivity (Wildman–Crippen MR) is 245 cm³/mol. The van der Waals surface area contributed by atoms with Crippen LogP contribution in [-0.2, 0) is 47.8 Å². The monoisotopic (exact) mass is 971 g/mol. The molecule has 7 amide bonds. The molecule has 0 spiro atoms. The summed E-state index contributed by atoms with van der Waals surface area (Å²) in [5.74, 6) is -5.48. The van der Waals surface area contributed by atoms with Crippen LogP contribution in [-0.4, -0.2) is 148 Å². The number of carboxylic acid groups (broad SMARTS) is 3. The van der Waals surface area contributed by atoms with E-state index in [1.807, 2.05) is 11.4 Å². The smallest absolute Gasteiger partial charge is 0.326 e. The standard InChI is InChI=1S/C47H70N8O14/c1-55-40(58)26-35(42(55)29-4-2-22-48-27-29)44(62)49-23-25-69-34-16-14-33(15-17-34)68-24-3-5-38(56)50-30-8-6-28(7-9-30)43(61)52-32-12-10-31(11-13-32)51-39(57)20-18-36(45(63)64)53-47(67)54-37(46(65)66)19-21-41(59)60/h2,4,22,27-28,30-37,42H,3,5-21,23-26H2,1H3,(H,49,62)(H,50,56)(H,51,57)(H,52,61)(H,59,60)(H,63,64)(H,65,66)(H2,53,54,67)/t28-,30-,31-,32-,33-,34-,35-,36-,37-,42+/m0/s1. The van der Waals surface area contributed by atoms with Crippen molar-refractivity contribution in [3.05, 3.63) is 30.1 Å².